The van der Waals surface area contributed by atoms with Crippen LogP contribution in [0.2, 0.25) is 0 Å². The second-order valence-corrected chi connectivity index (χ2v) is 8.50. The van der Waals surface area contributed by atoms with Gasteiger partial charge in [-0.2, -0.15) is 0 Å². The zero-order valence-corrected chi connectivity index (χ0v) is 13.5. The number of rotatable bonds is 1. The highest BCUT2D eigenvalue weighted by Gasteiger charge is 2.59. The summed E-state index contributed by atoms with van der Waals surface area (Å²) in [6, 6.07) is 11.8. The number of nitrogens with zero attached hydrogens (tertiary/aromatic N) is 1. The van der Waals surface area contributed by atoms with Gasteiger partial charge in [-0.05, 0) is 48.9 Å². The standard InChI is InChI=1S/C16H21ClNOP/c1-16(13-8-3-2-4-9-13)15-11-12-7-5-6-10-14(12)18(15)20(17)19-16/h2-4,8-9,12,14-15H,5-7,10-11H2,1H3/t12-,14-,15-,16+,20?/m0/s1. The van der Waals surface area contributed by atoms with Crippen molar-refractivity contribution in [1.29, 1.82) is 0 Å². The van der Waals surface area contributed by atoms with E-state index in [0.717, 1.165) is 5.92 Å². The molecule has 2 aliphatic heterocycles. The third-order valence-electron chi connectivity index (χ3n) is 5.48. The molecule has 20 heavy (non-hydrogen) atoms. The molecule has 4 heteroatoms. The predicted octanol–water partition coefficient (Wildman–Crippen LogP) is 5.03. The van der Waals surface area contributed by atoms with Crippen molar-refractivity contribution in [3.63, 3.8) is 0 Å². The molecule has 1 aromatic rings. The normalized spacial score (nSPS) is 44.3. The van der Waals surface area contributed by atoms with Gasteiger partial charge in [-0.15, -0.1) is 0 Å². The lowest BCUT2D eigenvalue weighted by Gasteiger charge is -2.31. The second-order valence-electron chi connectivity index (χ2n) is 6.53. The van der Waals surface area contributed by atoms with Crippen molar-refractivity contribution < 1.29 is 4.52 Å². The van der Waals surface area contributed by atoms with E-state index in [-0.39, 0.29) is 5.60 Å². The molecular formula is C16H21ClNOP. The Morgan fingerprint density at radius 1 is 1.25 bits per heavy atom. The molecule has 4 rings (SSSR count). The summed E-state index contributed by atoms with van der Waals surface area (Å²) in [6.07, 6.45) is 6.68. The van der Waals surface area contributed by atoms with Gasteiger partial charge in [-0.3, -0.25) is 0 Å². The van der Waals surface area contributed by atoms with Crippen molar-refractivity contribution in [1.82, 2.24) is 4.67 Å². The SMILES string of the molecule is C[C@]1(c2ccccc2)OP(Cl)N2[C@H]1C[C@@H]1CCCC[C@@H]12. The molecule has 0 spiro atoms. The summed E-state index contributed by atoms with van der Waals surface area (Å²) in [4.78, 5) is 0. The van der Waals surface area contributed by atoms with Crippen LogP contribution in [0.4, 0.5) is 0 Å². The number of halogens is 1. The van der Waals surface area contributed by atoms with Crippen LogP contribution in [-0.2, 0) is 10.1 Å². The third kappa shape index (κ3) is 1.89. The van der Waals surface area contributed by atoms with Crippen molar-refractivity contribution in [2.45, 2.75) is 56.7 Å². The highest BCUT2D eigenvalue weighted by Crippen LogP contribution is 2.68. The Hall–Kier alpha value is -0.140. The van der Waals surface area contributed by atoms with Gasteiger partial charge in [0, 0.05) is 6.04 Å². The maximum absolute atomic E-state index is 6.64. The summed E-state index contributed by atoms with van der Waals surface area (Å²) in [5, 5.41) is 0. The Balaban J connectivity index is 1.70. The van der Waals surface area contributed by atoms with Gasteiger partial charge >= 0.3 is 0 Å². The molecule has 0 bridgehead atoms. The van der Waals surface area contributed by atoms with E-state index in [0.29, 0.717) is 12.1 Å². The van der Waals surface area contributed by atoms with Crippen molar-refractivity contribution in [3.05, 3.63) is 35.9 Å². The van der Waals surface area contributed by atoms with Crippen LogP contribution >= 0.6 is 18.9 Å². The Morgan fingerprint density at radius 3 is 2.80 bits per heavy atom. The minimum atomic E-state index is -0.955. The van der Waals surface area contributed by atoms with Crippen molar-refractivity contribution >= 4 is 18.9 Å². The van der Waals surface area contributed by atoms with Gasteiger partial charge in [0.1, 0.15) is 5.60 Å². The maximum Gasteiger partial charge on any atom is 0.208 e. The van der Waals surface area contributed by atoms with Gasteiger partial charge in [0.25, 0.3) is 0 Å². The lowest BCUT2D eigenvalue weighted by Crippen LogP contribution is -2.38. The van der Waals surface area contributed by atoms with Crippen molar-refractivity contribution in [3.8, 4) is 0 Å². The summed E-state index contributed by atoms with van der Waals surface area (Å²) >= 11 is 6.64. The zero-order valence-electron chi connectivity index (χ0n) is 11.8. The Kier molecular flexibility index (Phi) is 3.35. The van der Waals surface area contributed by atoms with Crippen molar-refractivity contribution in [2.24, 2.45) is 5.92 Å². The summed E-state index contributed by atoms with van der Waals surface area (Å²) in [6.45, 7) is 2.24. The second kappa shape index (κ2) is 4.95. The van der Waals surface area contributed by atoms with Gasteiger partial charge in [0.05, 0.1) is 6.04 Å². The van der Waals surface area contributed by atoms with Crippen LogP contribution in [-0.4, -0.2) is 16.8 Å². The quantitative estimate of drug-likeness (QED) is 0.675. The molecule has 0 aromatic heterocycles. The molecule has 3 aliphatic rings. The van der Waals surface area contributed by atoms with Gasteiger partial charge in [-0.1, -0.05) is 43.2 Å². The highest BCUT2D eigenvalue weighted by molar-refractivity contribution is 7.78. The first-order chi connectivity index (χ1) is 9.70. The zero-order chi connectivity index (χ0) is 13.7. The molecule has 2 saturated heterocycles. The first-order valence-corrected chi connectivity index (χ1v) is 9.81. The molecule has 0 amide bonds. The fraction of sp³-hybridized carbons (Fsp3) is 0.625. The molecule has 1 saturated carbocycles. The summed E-state index contributed by atoms with van der Waals surface area (Å²) in [5.74, 6) is 0.837. The summed E-state index contributed by atoms with van der Waals surface area (Å²) < 4.78 is 8.84. The highest BCUT2D eigenvalue weighted by atomic mass is 35.7. The Labute approximate surface area is 127 Å². The van der Waals surface area contributed by atoms with E-state index in [1.54, 1.807) is 0 Å². The lowest BCUT2D eigenvalue weighted by atomic mass is 9.81. The van der Waals surface area contributed by atoms with Crippen LogP contribution in [0.15, 0.2) is 30.3 Å². The molecule has 1 aromatic carbocycles. The van der Waals surface area contributed by atoms with E-state index in [4.69, 9.17) is 15.8 Å². The number of benzene rings is 1. The molecule has 2 nitrogen and oxygen atoms in total. The number of hydrogen-bond acceptors (Lipinski definition) is 2. The predicted molar refractivity (Wildman–Crippen MR) is 83.6 cm³/mol. The summed E-state index contributed by atoms with van der Waals surface area (Å²) in [5.41, 5.74) is 1.05. The van der Waals surface area contributed by atoms with Crippen LogP contribution in [0.25, 0.3) is 0 Å². The lowest BCUT2D eigenvalue weighted by molar-refractivity contribution is 0.0864. The average molecular weight is 310 g/mol. The van der Waals surface area contributed by atoms with Gasteiger partial charge in [0.15, 0.2) is 0 Å². The number of fused-ring (bicyclic) bond motifs is 3. The topological polar surface area (TPSA) is 12.5 Å². The van der Waals surface area contributed by atoms with E-state index >= 15 is 0 Å². The molecule has 2 heterocycles. The van der Waals surface area contributed by atoms with Gasteiger partial charge in [0.2, 0.25) is 7.65 Å². The minimum absolute atomic E-state index is 0.230. The van der Waals surface area contributed by atoms with E-state index in [2.05, 4.69) is 41.9 Å². The average Bonchev–Trinajstić information content (AvgIpc) is 2.98. The van der Waals surface area contributed by atoms with E-state index in [1.165, 1.54) is 37.7 Å². The first kappa shape index (κ1) is 13.5. The fourth-order valence-corrected chi connectivity index (χ4v) is 7.21. The summed E-state index contributed by atoms with van der Waals surface area (Å²) in [7, 11) is -0.955. The van der Waals surface area contributed by atoms with E-state index < -0.39 is 7.65 Å². The monoisotopic (exact) mass is 309 g/mol. The van der Waals surface area contributed by atoms with E-state index in [1.807, 2.05) is 0 Å². The van der Waals surface area contributed by atoms with Gasteiger partial charge in [-0.25, -0.2) is 4.67 Å². The third-order valence-corrected chi connectivity index (χ3v) is 7.68. The molecule has 1 aliphatic carbocycles. The van der Waals surface area contributed by atoms with Crippen LogP contribution in [0.5, 0.6) is 0 Å². The molecule has 0 radical (unpaired) electrons. The molecule has 1 unspecified atom stereocenters. The minimum Gasteiger partial charge on any atom is -0.319 e. The molecule has 3 fully saturated rings. The smallest absolute Gasteiger partial charge is 0.208 e. The molecule has 0 N–H and O–H groups in total. The molecular weight excluding hydrogens is 289 g/mol. The molecule has 108 valence electrons. The number of hydrogen-bond donors (Lipinski definition) is 0. The molecule has 5 atom stereocenters. The Bertz CT molecular complexity index is 499. The van der Waals surface area contributed by atoms with Gasteiger partial charge < -0.3 is 4.52 Å². The fourth-order valence-electron chi connectivity index (χ4n) is 4.42. The largest absolute Gasteiger partial charge is 0.319 e. The maximum atomic E-state index is 6.64. The van der Waals surface area contributed by atoms with Crippen molar-refractivity contribution in [2.75, 3.05) is 0 Å². The van der Waals surface area contributed by atoms with Crippen LogP contribution in [0.1, 0.15) is 44.6 Å². The van der Waals surface area contributed by atoms with Crippen LogP contribution in [0, 0.1) is 5.92 Å². The van der Waals surface area contributed by atoms with Crippen LogP contribution < -0.4 is 0 Å². The first-order valence-electron chi connectivity index (χ1n) is 7.69. The Morgan fingerprint density at radius 2 is 2.00 bits per heavy atom. The van der Waals surface area contributed by atoms with E-state index in [9.17, 15) is 0 Å². The van der Waals surface area contributed by atoms with Crippen LogP contribution in [0.3, 0.4) is 0 Å².